The first-order valence-corrected chi connectivity index (χ1v) is 6.82. The van der Waals surface area contributed by atoms with Crippen LogP contribution in [0.25, 0.3) is 0 Å². The first-order chi connectivity index (χ1) is 9.83. The molecule has 0 unspecified atom stereocenters. The Hall–Kier alpha value is -2.49. The second-order valence-corrected chi connectivity index (χ2v) is 4.81. The van der Waals surface area contributed by atoms with Gasteiger partial charge in [-0.1, -0.05) is 24.3 Å². The zero-order valence-electron chi connectivity index (χ0n) is 11.1. The number of carbonyl (C=O) groups excluding carboxylic acids is 1. The van der Waals surface area contributed by atoms with Gasteiger partial charge in [-0.3, -0.25) is 0 Å². The van der Waals surface area contributed by atoms with Gasteiger partial charge in [0.05, 0.1) is 0 Å². The van der Waals surface area contributed by atoms with Gasteiger partial charge in [0.15, 0.2) is 0 Å². The molecule has 1 aliphatic rings. The number of amides is 2. The number of benzene rings is 2. The monoisotopic (exact) mass is 267 g/mol. The number of urea groups is 1. The van der Waals surface area contributed by atoms with Crippen LogP contribution in [0.1, 0.15) is 12.0 Å². The maximum absolute atomic E-state index is 12.0. The van der Waals surface area contributed by atoms with Crippen LogP contribution >= 0.6 is 0 Å². The maximum atomic E-state index is 12.0. The van der Waals surface area contributed by atoms with Crippen LogP contribution in [0.2, 0.25) is 0 Å². The Balaban J connectivity index is 1.73. The summed E-state index contributed by atoms with van der Waals surface area (Å²) < 4.78 is 0. The van der Waals surface area contributed by atoms with E-state index in [4.69, 9.17) is 0 Å². The summed E-state index contributed by atoms with van der Waals surface area (Å²) in [5.41, 5.74) is 3.96. The molecule has 0 atom stereocenters. The van der Waals surface area contributed by atoms with Gasteiger partial charge in [-0.25, -0.2) is 4.79 Å². The third-order valence-electron chi connectivity index (χ3n) is 3.37. The zero-order valence-corrected chi connectivity index (χ0v) is 11.1. The van der Waals surface area contributed by atoms with Gasteiger partial charge >= 0.3 is 6.03 Å². The number of rotatable bonds is 2. The first-order valence-electron chi connectivity index (χ1n) is 6.82. The number of para-hydroxylation sites is 1. The summed E-state index contributed by atoms with van der Waals surface area (Å²) in [6.07, 6.45) is 2.08. The molecular formula is C16H17N3O. The number of anilines is 3. The van der Waals surface area contributed by atoms with Crippen LogP contribution in [-0.4, -0.2) is 12.6 Å². The molecule has 3 N–H and O–H groups in total. The lowest BCUT2D eigenvalue weighted by Crippen LogP contribution is -2.21. The average molecular weight is 267 g/mol. The SMILES string of the molecule is O=C(Nc1ccccc1)Nc1cccc2c1CCCN2. The number of carbonyl (C=O) groups is 1. The Kier molecular flexibility index (Phi) is 3.54. The summed E-state index contributed by atoms with van der Waals surface area (Å²) in [6, 6.07) is 15.2. The van der Waals surface area contributed by atoms with Crippen molar-refractivity contribution >= 4 is 23.1 Å². The van der Waals surface area contributed by atoms with Gasteiger partial charge in [0, 0.05) is 23.6 Å². The Labute approximate surface area is 118 Å². The van der Waals surface area contributed by atoms with Gasteiger partial charge in [0.2, 0.25) is 0 Å². The molecular weight excluding hydrogens is 250 g/mol. The molecule has 3 rings (SSSR count). The van der Waals surface area contributed by atoms with E-state index in [1.54, 1.807) is 0 Å². The summed E-state index contributed by atoms with van der Waals surface area (Å²) in [6.45, 7) is 0.993. The van der Waals surface area contributed by atoms with Crippen LogP contribution in [0.15, 0.2) is 48.5 Å². The van der Waals surface area contributed by atoms with Crippen molar-refractivity contribution in [3.05, 3.63) is 54.1 Å². The molecule has 1 aliphatic heterocycles. The summed E-state index contributed by atoms with van der Waals surface area (Å²) in [4.78, 5) is 12.0. The summed E-state index contributed by atoms with van der Waals surface area (Å²) in [7, 11) is 0. The molecule has 2 aromatic carbocycles. The van der Waals surface area contributed by atoms with Crippen molar-refractivity contribution < 1.29 is 4.79 Å². The van der Waals surface area contributed by atoms with Gasteiger partial charge in [0.25, 0.3) is 0 Å². The quantitative estimate of drug-likeness (QED) is 0.777. The fourth-order valence-electron chi connectivity index (χ4n) is 2.43. The Morgan fingerprint density at radius 2 is 1.85 bits per heavy atom. The molecule has 102 valence electrons. The van der Waals surface area contributed by atoms with Crippen LogP contribution in [0.4, 0.5) is 21.9 Å². The van der Waals surface area contributed by atoms with E-state index in [1.807, 2.05) is 42.5 Å². The van der Waals surface area contributed by atoms with E-state index in [2.05, 4.69) is 22.0 Å². The first kappa shape index (κ1) is 12.5. The minimum absolute atomic E-state index is 0.213. The van der Waals surface area contributed by atoms with E-state index >= 15 is 0 Å². The minimum Gasteiger partial charge on any atom is -0.385 e. The number of nitrogens with one attached hydrogen (secondary N) is 3. The normalized spacial score (nSPS) is 13.0. The highest BCUT2D eigenvalue weighted by molar-refractivity contribution is 6.00. The number of hydrogen-bond acceptors (Lipinski definition) is 2. The molecule has 2 amide bonds. The molecule has 4 heteroatoms. The van der Waals surface area contributed by atoms with E-state index in [0.29, 0.717) is 0 Å². The molecule has 4 nitrogen and oxygen atoms in total. The van der Waals surface area contributed by atoms with Crippen LogP contribution in [0.5, 0.6) is 0 Å². The standard InChI is InChI=1S/C16H17N3O/c20-16(18-12-6-2-1-3-7-12)19-15-10-4-9-14-13(15)8-5-11-17-14/h1-4,6-7,9-10,17H,5,8,11H2,(H2,18,19,20). The molecule has 0 fully saturated rings. The summed E-state index contributed by atoms with van der Waals surface area (Å²) in [5.74, 6) is 0. The second kappa shape index (κ2) is 5.65. The van der Waals surface area contributed by atoms with Gasteiger partial charge < -0.3 is 16.0 Å². The lowest BCUT2D eigenvalue weighted by atomic mass is 10.0. The third kappa shape index (κ3) is 2.74. The van der Waals surface area contributed by atoms with Crippen LogP contribution < -0.4 is 16.0 Å². The molecule has 0 aliphatic carbocycles. The predicted octanol–water partition coefficient (Wildman–Crippen LogP) is 3.69. The topological polar surface area (TPSA) is 53.2 Å². The molecule has 2 aromatic rings. The third-order valence-corrected chi connectivity index (χ3v) is 3.37. The van der Waals surface area contributed by atoms with E-state index in [1.165, 1.54) is 5.56 Å². The fourth-order valence-corrected chi connectivity index (χ4v) is 2.43. The maximum Gasteiger partial charge on any atom is 0.323 e. The highest BCUT2D eigenvalue weighted by atomic mass is 16.2. The molecule has 0 saturated heterocycles. The summed E-state index contributed by atoms with van der Waals surface area (Å²) >= 11 is 0. The largest absolute Gasteiger partial charge is 0.385 e. The van der Waals surface area contributed by atoms with Crippen LogP contribution in [-0.2, 0) is 6.42 Å². The van der Waals surface area contributed by atoms with Crippen molar-refractivity contribution in [1.82, 2.24) is 0 Å². The van der Waals surface area contributed by atoms with E-state index in [9.17, 15) is 4.79 Å². The van der Waals surface area contributed by atoms with Crippen molar-refractivity contribution in [1.29, 1.82) is 0 Å². The molecule has 0 bridgehead atoms. The van der Waals surface area contributed by atoms with Gasteiger partial charge in [-0.2, -0.15) is 0 Å². The molecule has 0 radical (unpaired) electrons. The smallest absolute Gasteiger partial charge is 0.323 e. The second-order valence-electron chi connectivity index (χ2n) is 4.81. The Bertz CT molecular complexity index is 610. The van der Waals surface area contributed by atoms with Crippen LogP contribution in [0.3, 0.4) is 0 Å². The Morgan fingerprint density at radius 1 is 1.00 bits per heavy atom. The Morgan fingerprint density at radius 3 is 2.70 bits per heavy atom. The van der Waals surface area contributed by atoms with Gasteiger partial charge in [-0.15, -0.1) is 0 Å². The minimum atomic E-state index is -0.213. The van der Waals surface area contributed by atoms with Crippen molar-refractivity contribution in [3.8, 4) is 0 Å². The fraction of sp³-hybridized carbons (Fsp3) is 0.188. The number of hydrogen-bond donors (Lipinski definition) is 3. The highest BCUT2D eigenvalue weighted by Gasteiger charge is 2.13. The van der Waals surface area contributed by atoms with Crippen molar-refractivity contribution in [2.24, 2.45) is 0 Å². The van der Waals surface area contributed by atoms with Crippen molar-refractivity contribution in [3.63, 3.8) is 0 Å². The van der Waals surface area contributed by atoms with E-state index in [0.717, 1.165) is 36.4 Å². The van der Waals surface area contributed by atoms with Crippen molar-refractivity contribution in [2.45, 2.75) is 12.8 Å². The lowest BCUT2D eigenvalue weighted by Gasteiger charge is -2.21. The van der Waals surface area contributed by atoms with Gasteiger partial charge in [-0.05, 0) is 42.7 Å². The average Bonchev–Trinajstić information content (AvgIpc) is 2.48. The molecule has 0 aromatic heterocycles. The van der Waals surface area contributed by atoms with E-state index in [-0.39, 0.29) is 6.03 Å². The summed E-state index contributed by atoms with van der Waals surface area (Å²) in [5, 5.41) is 9.11. The lowest BCUT2D eigenvalue weighted by molar-refractivity contribution is 0.262. The van der Waals surface area contributed by atoms with Crippen LogP contribution in [0, 0.1) is 0 Å². The molecule has 0 spiro atoms. The molecule has 20 heavy (non-hydrogen) atoms. The number of fused-ring (bicyclic) bond motifs is 1. The molecule has 1 heterocycles. The van der Waals surface area contributed by atoms with Crippen molar-refractivity contribution in [2.75, 3.05) is 22.5 Å². The van der Waals surface area contributed by atoms with E-state index < -0.39 is 0 Å². The highest BCUT2D eigenvalue weighted by Crippen LogP contribution is 2.28. The zero-order chi connectivity index (χ0) is 13.8. The molecule has 0 saturated carbocycles. The van der Waals surface area contributed by atoms with Gasteiger partial charge in [0.1, 0.15) is 0 Å². The predicted molar refractivity (Wildman–Crippen MR) is 82.3 cm³/mol.